The van der Waals surface area contributed by atoms with Crippen molar-refractivity contribution in [1.29, 1.82) is 0 Å². The van der Waals surface area contributed by atoms with E-state index in [0.29, 0.717) is 0 Å². The summed E-state index contributed by atoms with van der Waals surface area (Å²) in [7, 11) is 1.40. The molecule has 0 aliphatic carbocycles. The van der Waals surface area contributed by atoms with Gasteiger partial charge in [-0.15, -0.1) is 12.6 Å². The molecule has 11 heteroatoms. The van der Waals surface area contributed by atoms with Gasteiger partial charge in [0.05, 0.1) is 12.2 Å². The highest BCUT2D eigenvalue weighted by Crippen LogP contribution is 2.50. The number of aromatic carboxylic acids is 1. The topological polar surface area (TPSA) is 123 Å². The number of ether oxygens (including phenoxy) is 4. The minimum absolute atomic E-state index is 0.101. The van der Waals surface area contributed by atoms with Crippen LogP contribution in [0.25, 0.3) is 10.4 Å². The fraction of sp³-hybridized carbons (Fsp3) is 0.381. The van der Waals surface area contributed by atoms with Crippen molar-refractivity contribution >= 4 is 30.2 Å². The SMILES string of the molecule is CO[C@H]1[C@@H](S)O[C@@H]2COC(c3ccccc3)O[C@@H]2C1(N=[N+]=[N-])c1cc(Cl)ccc1C(=O)O. The first-order valence-electron chi connectivity index (χ1n) is 9.70. The van der Waals surface area contributed by atoms with Crippen molar-refractivity contribution in [3.63, 3.8) is 0 Å². The van der Waals surface area contributed by atoms with E-state index in [1.54, 1.807) is 0 Å². The van der Waals surface area contributed by atoms with E-state index in [2.05, 4.69) is 22.7 Å². The Hall–Kier alpha value is -2.30. The quantitative estimate of drug-likeness (QED) is 0.286. The van der Waals surface area contributed by atoms with Crippen LogP contribution in [0, 0.1) is 0 Å². The molecule has 0 amide bonds. The highest BCUT2D eigenvalue weighted by Gasteiger charge is 2.61. The summed E-state index contributed by atoms with van der Waals surface area (Å²) in [6.45, 7) is 0.101. The highest BCUT2D eigenvalue weighted by molar-refractivity contribution is 7.80. The third-order valence-electron chi connectivity index (χ3n) is 5.64. The van der Waals surface area contributed by atoms with Crippen molar-refractivity contribution in [1.82, 2.24) is 0 Å². The van der Waals surface area contributed by atoms with Gasteiger partial charge in [-0.25, -0.2) is 4.79 Å². The van der Waals surface area contributed by atoms with Gasteiger partial charge >= 0.3 is 5.97 Å². The van der Waals surface area contributed by atoms with E-state index in [0.717, 1.165) is 5.56 Å². The van der Waals surface area contributed by atoms with Crippen LogP contribution in [0.15, 0.2) is 53.6 Å². The van der Waals surface area contributed by atoms with E-state index >= 15 is 0 Å². The summed E-state index contributed by atoms with van der Waals surface area (Å²) < 4.78 is 23.8. The third kappa shape index (κ3) is 3.84. The number of fused-ring (bicyclic) bond motifs is 1. The van der Waals surface area contributed by atoms with Crippen molar-refractivity contribution in [3.8, 4) is 0 Å². The van der Waals surface area contributed by atoms with E-state index in [1.807, 2.05) is 30.3 Å². The molecule has 2 unspecified atom stereocenters. The zero-order valence-electron chi connectivity index (χ0n) is 16.9. The van der Waals surface area contributed by atoms with Gasteiger partial charge in [-0.3, -0.25) is 0 Å². The number of hydrogen-bond donors (Lipinski definition) is 2. The lowest BCUT2D eigenvalue weighted by molar-refractivity contribution is -0.317. The Labute approximate surface area is 194 Å². The molecule has 2 heterocycles. The van der Waals surface area contributed by atoms with Gasteiger partial charge in [0, 0.05) is 22.6 Å². The van der Waals surface area contributed by atoms with Gasteiger partial charge in [0.2, 0.25) is 0 Å². The summed E-state index contributed by atoms with van der Waals surface area (Å²) in [5.74, 6) is -1.22. The molecule has 9 nitrogen and oxygen atoms in total. The molecule has 168 valence electrons. The summed E-state index contributed by atoms with van der Waals surface area (Å²) in [4.78, 5) is 15.2. The number of carbonyl (C=O) groups is 1. The molecule has 6 atom stereocenters. The van der Waals surface area contributed by atoms with E-state index in [4.69, 9.17) is 30.5 Å². The lowest BCUT2D eigenvalue weighted by Crippen LogP contribution is -2.66. The Morgan fingerprint density at radius 1 is 1.31 bits per heavy atom. The molecule has 0 saturated carbocycles. The molecule has 2 aromatic rings. The van der Waals surface area contributed by atoms with Crippen molar-refractivity contribution in [2.75, 3.05) is 13.7 Å². The first-order chi connectivity index (χ1) is 15.4. The van der Waals surface area contributed by atoms with Crippen LogP contribution >= 0.6 is 24.2 Å². The normalized spacial score (nSPS) is 31.9. The van der Waals surface area contributed by atoms with Gasteiger partial charge in [-0.1, -0.05) is 47.0 Å². The number of azide groups is 1. The zero-order chi connectivity index (χ0) is 22.9. The number of rotatable bonds is 5. The van der Waals surface area contributed by atoms with Crippen LogP contribution < -0.4 is 0 Å². The second kappa shape index (κ2) is 9.29. The highest BCUT2D eigenvalue weighted by atomic mass is 35.5. The summed E-state index contributed by atoms with van der Waals surface area (Å²) in [5.41, 5.74) is 7.85. The molecule has 2 aliphatic heterocycles. The summed E-state index contributed by atoms with van der Waals surface area (Å²) in [6, 6.07) is 13.5. The minimum Gasteiger partial charge on any atom is -0.478 e. The molecule has 4 rings (SSSR count). The maximum atomic E-state index is 12.1. The molecule has 0 radical (unpaired) electrons. The lowest BCUT2D eigenvalue weighted by atomic mass is 9.74. The monoisotopic (exact) mass is 477 g/mol. The van der Waals surface area contributed by atoms with Gasteiger partial charge in [0.1, 0.15) is 29.3 Å². The van der Waals surface area contributed by atoms with E-state index in [9.17, 15) is 15.4 Å². The Morgan fingerprint density at radius 3 is 2.72 bits per heavy atom. The molecule has 32 heavy (non-hydrogen) atoms. The standard InChI is InChI=1S/C21H20ClN3O6S/c1-28-17-20(32)30-15-10-29-19(11-5-3-2-4-6-11)31-16(15)21(17,24-25-23)14-9-12(22)7-8-13(14)18(26)27/h2-9,15-17,19-20,32H,10H2,1H3,(H,26,27)/t15-,16+,17+,19?,20-,21?/m1/s1. The fourth-order valence-corrected chi connectivity index (χ4v) is 5.00. The Kier molecular flexibility index (Phi) is 6.64. The maximum absolute atomic E-state index is 12.1. The van der Waals surface area contributed by atoms with Crippen LogP contribution in [0.3, 0.4) is 0 Å². The van der Waals surface area contributed by atoms with Crippen molar-refractivity contribution in [2.24, 2.45) is 5.11 Å². The van der Waals surface area contributed by atoms with Crippen molar-refractivity contribution in [2.45, 2.75) is 35.6 Å². The second-order valence-electron chi connectivity index (χ2n) is 7.36. The first-order valence-corrected chi connectivity index (χ1v) is 10.6. The molecule has 0 spiro atoms. The predicted octanol–water partition coefficient (Wildman–Crippen LogP) is 4.33. The van der Waals surface area contributed by atoms with Crippen LogP contribution in [0.5, 0.6) is 0 Å². The zero-order valence-corrected chi connectivity index (χ0v) is 18.5. The number of thiol groups is 1. The number of carboxylic acid groups (broad SMARTS) is 1. The molecule has 2 aromatic carbocycles. The summed E-state index contributed by atoms with van der Waals surface area (Å²) in [6.07, 6.45) is -3.46. The number of nitrogens with zero attached hydrogens (tertiary/aromatic N) is 3. The minimum atomic E-state index is -1.66. The average molecular weight is 478 g/mol. The number of hydrogen-bond acceptors (Lipinski definition) is 7. The van der Waals surface area contributed by atoms with Crippen LogP contribution in [0.1, 0.15) is 27.8 Å². The maximum Gasteiger partial charge on any atom is 0.335 e. The van der Waals surface area contributed by atoms with Gasteiger partial charge in [0.25, 0.3) is 0 Å². The molecule has 2 aliphatic rings. The molecular formula is C21H20ClN3O6S. The number of carboxylic acids is 1. The van der Waals surface area contributed by atoms with Crippen LogP contribution in [0.2, 0.25) is 5.02 Å². The Morgan fingerprint density at radius 2 is 2.06 bits per heavy atom. The van der Waals surface area contributed by atoms with Gasteiger partial charge in [-0.05, 0) is 29.3 Å². The largest absolute Gasteiger partial charge is 0.478 e. The Bertz CT molecular complexity index is 1050. The molecule has 0 bridgehead atoms. The van der Waals surface area contributed by atoms with Crippen LogP contribution in [0.4, 0.5) is 0 Å². The molecule has 0 aromatic heterocycles. The van der Waals surface area contributed by atoms with Crippen LogP contribution in [-0.4, -0.2) is 48.5 Å². The van der Waals surface area contributed by atoms with Crippen LogP contribution in [-0.2, 0) is 24.5 Å². The van der Waals surface area contributed by atoms with E-state index in [1.165, 1.54) is 25.3 Å². The Balaban J connectivity index is 1.93. The number of benzene rings is 2. The van der Waals surface area contributed by atoms with Gasteiger partial charge in [0.15, 0.2) is 6.29 Å². The van der Waals surface area contributed by atoms with Crippen molar-refractivity contribution < 1.29 is 28.8 Å². The first kappa shape index (κ1) is 22.9. The molecule has 2 fully saturated rings. The smallest absolute Gasteiger partial charge is 0.335 e. The van der Waals surface area contributed by atoms with E-state index < -0.39 is 41.5 Å². The van der Waals surface area contributed by atoms with Gasteiger partial charge < -0.3 is 24.1 Å². The third-order valence-corrected chi connectivity index (χ3v) is 6.27. The summed E-state index contributed by atoms with van der Waals surface area (Å²) in [5, 5.41) is 14.3. The lowest BCUT2D eigenvalue weighted by Gasteiger charge is -2.53. The number of halogens is 1. The van der Waals surface area contributed by atoms with Gasteiger partial charge in [-0.2, -0.15) is 0 Å². The molecule has 1 N–H and O–H groups in total. The van der Waals surface area contributed by atoms with Crippen molar-refractivity contribution in [3.05, 3.63) is 80.7 Å². The number of methoxy groups -OCH3 is 1. The molecular weight excluding hydrogens is 458 g/mol. The molecule has 2 saturated heterocycles. The predicted molar refractivity (Wildman–Crippen MR) is 118 cm³/mol. The summed E-state index contributed by atoms with van der Waals surface area (Å²) >= 11 is 10.7. The second-order valence-corrected chi connectivity index (χ2v) is 8.31. The van der Waals surface area contributed by atoms with E-state index in [-0.39, 0.29) is 22.8 Å². The fourth-order valence-electron chi connectivity index (χ4n) is 4.32. The average Bonchev–Trinajstić information content (AvgIpc) is 2.79.